The van der Waals surface area contributed by atoms with Gasteiger partial charge in [-0.2, -0.15) is 0 Å². The molecule has 112 valence electrons. The Balaban J connectivity index is 3.02. The number of rotatable bonds is 14. The summed E-state index contributed by atoms with van der Waals surface area (Å²) in [6.45, 7) is 2.43. The summed E-state index contributed by atoms with van der Waals surface area (Å²) >= 11 is 0. The van der Waals surface area contributed by atoms with Gasteiger partial charge in [0.15, 0.2) is 0 Å². The van der Waals surface area contributed by atoms with Gasteiger partial charge >= 0.3 is 0 Å². The average Bonchev–Trinajstić information content (AvgIpc) is 2.43. The molecule has 0 spiro atoms. The van der Waals surface area contributed by atoms with Crippen molar-refractivity contribution >= 4 is 0 Å². The fraction of sp³-hybridized carbons (Fsp3) is 0.778. The van der Waals surface area contributed by atoms with Crippen molar-refractivity contribution in [1.29, 1.82) is 0 Å². The zero-order valence-corrected chi connectivity index (χ0v) is 12.9. The highest BCUT2D eigenvalue weighted by molar-refractivity contribution is 4.81. The predicted molar refractivity (Wildman–Crippen MR) is 86.4 cm³/mol. The smallest absolute Gasteiger partial charge is 0.0612 e. The fourth-order valence-corrected chi connectivity index (χ4v) is 2.16. The lowest BCUT2D eigenvalue weighted by Crippen LogP contribution is -1.80. The minimum absolute atomic E-state index is 0.187. The number of hydrogen-bond acceptors (Lipinski definition) is 1. The van der Waals surface area contributed by atoms with Crippen molar-refractivity contribution in [2.75, 3.05) is 6.61 Å². The first-order chi connectivity index (χ1) is 9.41. The molecule has 0 bridgehead atoms. The Labute approximate surface area is 120 Å². The van der Waals surface area contributed by atoms with Crippen molar-refractivity contribution in [1.82, 2.24) is 0 Å². The molecular weight excluding hydrogens is 232 g/mol. The number of aliphatic hydroxyl groups excluding tert-OH is 1. The van der Waals surface area contributed by atoms with Crippen molar-refractivity contribution in [3.8, 4) is 0 Å². The van der Waals surface area contributed by atoms with Crippen molar-refractivity contribution < 1.29 is 5.11 Å². The Bertz CT molecular complexity index is 206. The molecule has 0 aliphatic carbocycles. The minimum atomic E-state index is 0.187. The molecule has 0 saturated heterocycles. The Kier molecular flexibility index (Phi) is 16.9. The van der Waals surface area contributed by atoms with Crippen LogP contribution in [0.3, 0.4) is 0 Å². The molecule has 0 aliphatic rings. The van der Waals surface area contributed by atoms with Crippen molar-refractivity contribution in [2.24, 2.45) is 0 Å². The van der Waals surface area contributed by atoms with Crippen molar-refractivity contribution in [3.63, 3.8) is 0 Å². The van der Waals surface area contributed by atoms with Crippen LogP contribution in [0.2, 0.25) is 0 Å². The zero-order chi connectivity index (χ0) is 14.0. The summed E-state index contributed by atoms with van der Waals surface area (Å²) in [5, 5.41) is 8.58. The average molecular weight is 266 g/mol. The van der Waals surface area contributed by atoms with E-state index in [0.29, 0.717) is 0 Å². The molecule has 0 aromatic heterocycles. The third-order valence-corrected chi connectivity index (χ3v) is 3.40. The second-order valence-corrected chi connectivity index (χ2v) is 5.32. The summed E-state index contributed by atoms with van der Waals surface area (Å²) in [6.07, 6.45) is 24.5. The SMILES string of the molecule is CCCC/C=C/CCCCCCCCC/C=C/CO. The van der Waals surface area contributed by atoms with Crippen LogP contribution in [0.25, 0.3) is 0 Å². The highest BCUT2D eigenvalue weighted by Gasteiger charge is 1.90. The van der Waals surface area contributed by atoms with Crippen LogP contribution in [-0.2, 0) is 0 Å². The first-order valence-corrected chi connectivity index (χ1v) is 8.32. The first-order valence-electron chi connectivity index (χ1n) is 8.32. The van der Waals surface area contributed by atoms with E-state index in [1.54, 1.807) is 0 Å². The van der Waals surface area contributed by atoms with Crippen LogP contribution < -0.4 is 0 Å². The van der Waals surface area contributed by atoms with Crippen LogP contribution >= 0.6 is 0 Å². The lowest BCUT2D eigenvalue weighted by atomic mass is 10.1. The van der Waals surface area contributed by atoms with E-state index in [1.165, 1.54) is 70.6 Å². The maximum atomic E-state index is 8.58. The molecule has 0 unspecified atom stereocenters. The van der Waals surface area contributed by atoms with E-state index in [1.807, 2.05) is 6.08 Å². The Hall–Kier alpha value is -0.560. The normalized spacial score (nSPS) is 11.9. The largest absolute Gasteiger partial charge is 0.392 e. The molecule has 0 amide bonds. The zero-order valence-electron chi connectivity index (χ0n) is 12.9. The van der Waals surface area contributed by atoms with Crippen LogP contribution in [0.5, 0.6) is 0 Å². The molecule has 19 heavy (non-hydrogen) atoms. The second-order valence-electron chi connectivity index (χ2n) is 5.32. The predicted octanol–water partition coefficient (Wildman–Crippen LogP) is 5.79. The van der Waals surface area contributed by atoms with Gasteiger partial charge < -0.3 is 5.11 Å². The highest BCUT2D eigenvalue weighted by atomic mass is 16.2. The molecule has 0 rings (SSSR count). The molecule has 1 heteroatoms. The first kappa shape index (κ1) is 18.4. The molecule has 0 aromatic carbocycles. The van der Waals surface area contributed by atoms with Gasteiger partial charge in [-0.3, -0.25) is 0 Å². The standard InChI is InChI=1S/C18H34O/c1-2-3-4-5-6-7-8-9-10-11-12-13-14-15-16-17-18-19/h5-6,16-17,19H,2-4,7-15,18H2,1H3/b6-5+,17-16+. The van der Waals surface area contributed by atoms with Gasteiger partial charge in [-0.05, 0) is 32.1 Å². The van der Waals surface area contributed by atoms with E-state index in [-0.39, 0.29) is 6.61 Å². The highest BCUT2D eigenvalue weighted by Crippen LogP contribution is 2.10. The maximum absolute atomic E-state index is 8.58. The molecule has 1 N–H and O–H groups in total. The molecule has 1 nitrogen and oxygen atoms in total. The molecule has 0 heterocycles. The Morgan fingerprint density at radius 1 is 0.579 bits per heavy atom. The van der Waals surface area contributed by atoms with Gasteiger partial charge in [-0.15, -0.1) is 0 Å². The van der Waals surface area contributed by atoms with Gasteiger partial charge in [0.25, 0.3) is 0 Å². The number of unbranched alkanes of at least 4 members (excludes halogenated alkanes) is 10. The van der Waals surface area contributed by atoms with Gasteiger partial charge in [0.2, 0.25) is 0 Å². The van der Waals surface area contributed by atoms with Crippen LogP contribution in [0, 0.1) is 0 Å². The Morgan fingerprint density at radius 2 is 1.00 bits per heavy atom. The molecule has 0 aliphatic heterocycles. The molecule has 0 radical (unpaired) electrons. The van der Waals surface area contributed by atoms with E-state index in [2.05, 4.69) is 25.2 Å². The van der Waals surface area contributed by atoms with Gasteiger partial charge in [0.1, 0.15) is 0 Å². The topological polar surface area (TPSA) is 20.2 Å². The summed E-state index contributed by atoms with van der Waals surface area (Å²) in [5.41, 5.74) is 0. The summed E-state index contributed by atoms with van der Waals surface area (Å²) in [6, 6.07) is 0. The summed E-state index contributed by atoms with van der Waals surface area (Å²) in [4.78, 5) is 0. The van der Waals surface area contributed by atoms with Gasteiger partial charge in [-0.25, -0.2) is 0 Å². The van der Waals surface area contributed by atoms with Crippen LogP contribution in [0.1, 0.15) is 84.0 Å². The lowest BCUT2D eigenvalue weighted by Gasteiger charge is -2.00. The van der Waals surface area contributed by atoms with Crippen LogP contribution in [0.15, 0.2) is 24.3 Å². The molecule has 0 fully saturated rings. The lowest BCUT2D eigenvalue weighted by molar-refractivity contribution is 0.342. The summed E-state index contributed by atoms with van der Waals surface area (Å²) < 4.78 is 0. The van der Waals surface area contributed by atoms with E-state index in [0.717, 1.165) is 6.42 Å². The monoisotopic (exact) mass is 266 g/mol. The number of allylic oxidation sites excluding steroid dienone is 3. The van der Waals surface area contributed by atoms with E-state index in [9.17, 15) is 0 Å². The third-order valence-electron chi connectivity index (χ3n) is 3.40. The van der Waals surface area contributed by atoms with E-state index < -0.39 is 0 Å². The van der Waals surface area contributed by atoms with E-state index >= 15 is 0 Å². The maximum Gasteiger partial charge on any atom is 0.0612 e. The van der Waals surface area contributed by atoms with Crippen LogP contribution in [-0.4, -0.2) is 11.7 Å². The second kappa shape index (κ2) is 17.4. The van der Waals surface area contributed by atoms with Gasteiger partial charge in [0.05, 0.1) is 6.61 Å². The van der Waals surface area contributed by atoms with Crippen LogP contribution in [0.4, 0.5) is 0 Å². The fourth-order valence-electron chi connectivity index (χ4n) is 2.16. The summed E-state index contributed by atoms with van der Waals surface area (Å²) in [5.74, 6) is 0. The number of aliphatic hydroxyl groups is 1. The molecule has 0 atom stereocenters. The minimum Gasteiger partial charge on any atom is -0.392 e. The van der Waals surface area contributed by atoms with Gasteiger partial charge in [-0.1, -0.05) is 76.2 Å². The Morgan fingerprint density at radius 3 is 1.47 bits per heavy atom. The van der Waals surface area contributed by atoms with Crippen molar-refractivity contribution in [3.05, 3.63) is 24.3 Å². The number of hydrogen-bond donors (Lipinski definition) is 1. The quantitative estimate of drug-likeness (QED) is 0.311. The molecule has 0 aromatic rings. The third kappa shape index (κ3) is 17.4. The summed E-state index contributed by atoms with van der Waals surface area (Å²) in [7, 11) is 0. The molecule has 0 saturated carbocycles. The van der Waals surface area contributed by atoms with E-state index in [4.69, 9.17) is 5.11 Å². The van der Waals surface area contributed by atoms with Crippen molar-refractivity contribution in [2.45, 2.75) is 84.0 Å². The molecular formula is C18H34O. The van der Waals surface area contributed by atoms with Gasteiger partial charge in [0, 0.05) is 0 Å².